The Kier molecular flexibility index (Phi) is 5.43. The third-order valence-electron chi connectivity index (χ3n) is 3.76. The number of para-hydroxylation sites is 2. The molecule has 2 aromatic carbocycles. The summed E-state index contributed by atoms with van der Waals surface area (Å²) in [5.41, 5.74) is 0.965. The molecule has 0 radical (unpaired) electrons. The van der Waals surface area contributed by atoms with Crippen LogP contribution in [0.4, 0.5) is 0 Å². The normalized spacial score (nSPS) is 10.3. The molecule has 0 aliphatic rings. The van der Waals surface area contributed by atoms with Crippen LogP contribution in [0.1, 0.15) is 16.1 Å². The van der Waals surface area contributed by atoms with E-state index in [9.17, 15) is 9.59 Å². The maximum absolute atomic E-state index is 12.5. The summed E-state index contributed by atoms with van der Waals surface area (Å²) in [6.07, 6.45) is 1.48. The highest BCUT2D eigenvalue weighted by molar-refractivity contribution is 5.96. The molecule has 26 heavy (non-hydrogen) atoms. The number of benzene rings is 2. The van der Waals surface area contributed by atoms with Gasteiger partial charge < -0.3 is 10.1 Å². The van der Waals surface area contributed by atoms with Gasteiger partial charge in [-0.15, -0.1) is 0 Å². The molecule has 6 heteroatoms. The fourth-order valence-electron chi connectivity index (χ4n) is 2.43. The number of hydrogen-bond acceptors (Lipinski definition) is 4. The van der Waals surface area contributed by atoms with E-state index in [1.807, 2.05) is 36.4 Å². The van der Waals surface area contributed by atoms with Crippen molar-refractivity contribution in [3.05, 3.63) is 88.6 Å². The van der Waals surface area contributed by atoms with E-state index in [-0.39, 0.29) is 11.5 Å². The summed E-state index contributed by atoms with van der Waals surface area (Å²) in [4.78, 5) is 28.4. The first-order valence-electron chi connectivity index (χ1n) is 8.27. The first-order valence-corrected chi connectivity index (χ1v) is 8.27. The van der Waals surface area contributed by atoms with Crippen molar-refractivity contribution >= 4 is 5.91 Å². The molecule has 1 amide bonds. The van der Waals surface area contributed by atoms with Gasteiger partial charge in [-0.05, 0) is 31.2 Å². The number of nitrogens with one attached hydrogen (secondary N) is 1. The predicted octanol–water partition coefficient (Wildman–Crippen LogP) is 2.77. The molecule has 0 saturated carbocycles. The van der Waals surface area contributed by atoms with Gasteiger partial charge in [-0.3, -0.25) is 14.2 Å². The van der Waals surface area contributed by atoms with Crippen LogP contribution in [-0.2, 0) is 6.54 Å². The molecule has 0 atom stereocenters. The van der Waals surface area contributed by atoms with Gasteiger partial charge in [-0.25, -0.2) is 4.98 Å². The molecule has 0 spiro atoms. The minimum Gasteiger partial charge on any atom is -0.457 e. The molecule has 3 rings (SSSR count). The first kappa shape index (κ1) is 17.4. The average Bonchev–Trinajstić information content (AvgIpc) is 2.65. The van der Waals surface area contributed by atoms with E-state index in [1.54, 1.807) is 25.1 Å². The first-order chi connectivity index (χ1) is 12.6. The van der Waals surface area contributed by atoms with Crippen LogP contribution in [0.2, 0.25) is 0 Å². The monoisotopic (exact) mass is 349 g/mol. The molecule has 1 N–H and O–H groups in total. The minimum atomic E-state index is -0.260. The third-order valence-corrected chi connectivity index (χ3v) is 3.76. The zero-order valence-electron chi connectivity index (χ0n) is 14.4. The molecule has 0 fully saturated rings. The van der Waals surface area contributed by atoms with Crippen LogP contribution in [0.5, 0.6) is 11.5 Å². The summed E-state index contributed by atoms with van der Waals surface area (Å²) in [6.45, 7) is 2.42. The van der Waals surface area contributed by atoms with Crippen LogP contribution >= 0.6 is 0 Å². The van der Waals surface area contributed by atoms with E-state index in [0.29, 0.717) is 35.8 Å². The van der Waals surface area contributed by atoms with E-state index in [1.165, 1.54) is 17.0 Å². The van der Waals surface area contributed by atoms with Gasteiger partial charge in [0.1, 0.15) is 11.5 Å². The van der Waals surface area contributed by atoms with Crippen LogP contribution in [-0.4, -0.2) is 22.0 Å². The highest BCUT2D eigenvalue weighted by Gasteiger charge is 2.12. The van der Waals surface area contributed by atoms with Crippen LogP contribution in [0.15, 0.2) is 71.8 Å². The van der Waals surface area contributed by atoms with Crippen molar-refractivity contribution in [1.82, 2.24) is 14.9 Å². The van der Waals surface area contributed by atoms with Crippen molar-refractivity contribution < 1.29 is 9.53 Å². The van der Waals surface area contributed by atoms with Crippen LogP contribution in [0, 0.1) is 6.92 Å². The van der Waals surface area contributed by atoms with Gasteiger partial charge in [0.25, 0.3) is 11.5 Å². The Hall–Kier alpha value is -3.41. The number of hydrogen-bond donors (Lipinski definition) is 1. The zero-order chi connectivity index (χ0) is 18.4. The Morgan fingerprint density at radius 3 is 2.62 bits per heavy atom. The Morgan fingerprint density at radius 1 is 1.12 bits per heavy atom. The van der Waals surface area contributed by atoms with Crippen LogP contribution < -0.4 is 15.6 Å². The molecule has 6 nitrogen and oxygen atoms in total. The number of aromatic nitrogens is 2. The van der Waals surface area contributed by atoms with Crippen LogP contribution in [0.25, 0.3) is 0 Å². The van der Waals surface area contributed by atoms with Crippen molar-refractivity contribution in [2.45, 2.75) is 13.5 Å². The van der Waals surface area contributed by atoms with Gasteiger partial charge in [-0.1, -0.05) is 30.3 Å². The van der Waals surface area contributed by atoms with E-state index in [4.69, 9.17) is 4.74 Å². The molecule has 3 aromatic rings. The second-order valence-electron chi connectivity index (χ2n) is 5.73. The fourth-order valence-corrected chi connectivity index (χ4v) is 2.43. The van der Waals surface area contributed by atoms with Crippen molar-refractivity contribution in [2.75, 3.05) is 6.54 Å². The third kappa shape index (κ3) is 4.36. The number of ether oxygens (including phenoxy) is 1. The Labute approximate surface area is 151 Å². The summed E-state index contributed by atoms with van der Waals surface area (Å²) in [6, 6.07) is 17.8. The molecule has 1 heterocycles. The van der Waals surface area contributed by atoms with Gasteiger partial charge in [0.15, 0.2) is 0 Å². The maximum atomic E-state index is 12.5. The second kappa shape index (κ2) is 8.11. The molecule has 0 unspecified atom stereocenters. The van der Waals surface area contributed by atoms with Gasteiger partial charge in [0.05, 0.1) is 11.9 Å². The van der Waals surface area contributed by atoms with E-state index in [2.05, 4.69) is 10.3 Å². The molecule has 0 bridgehead atoms. The second-order valence-corrected chi connectivity index (χ2v) is 5.73. The van der Waals surface area contributed by atoms with E-state index < -0.39 is 0 Å². The lowest BCUT2D eigenvalue weighted by Crippen LogP contribution is -2.31. The predicted molar refractivity (Wildman–Crippen MR) is 98.5 cm³/mol. The fraction of sp³-hybridized carbons (Fsp3) is 0.150. The number of amides is 1. The number of carbonyl (C=O) groups excluding carboxylic acids is 1. The van der Waals surface area contributed by atoms with Crippen LogP contribution in [0.3, 0.4) is 0 Å². The standard InChI is InChI=1S/C20H19N3O3/c1-15-13-19(24)23(14-22-15)12-11-21-20(25)17-9-5-6-10-18(17)26-16-7-3-2-4-8-16/h2-10,13-14H,11-12H2,1H3,(H,21,25). The minimum absolute atomic E-state index is 0.139. The van der Waals surface area contributed by atoms with Gasteiger partial charge in [0.2, 0.25) is 0 Å². The topological polar surface area (TPSA) is 73.2 Å². The molecular formula is C20H19N3O3. The van der Waals surface area contributed by atoms with Crippen molar-refractivity contribution in [2.24, 2.45) is 0 Å². The quantitative estimate of drug-likeness (QED) is 0.743. The zero-order valence-corrected chi connectivity index (χ0v) is 14.4. The molecule has 132 valence electrons. The number of rotatable bonds is 6. The number of carbonyl (C=O) groups is 1. The number of nitrogens with zero attached hydrogens (tertiary/aromatic N) is 2. The summed E-state index contributed by atoms with van der Waals surface area (Å²) in [5, 5.41) is 2.81. The van der Waals surface area contributed by atoms with E-state index >= 15 is 0 Å². The Bertz CT molecular complexity index is 952. The van der Waals surface area contributed by atoms with Crippen molar-refractivity contribution in [1.29, 1.82) is 0 Å². The molecule has 0 saturated heterocycles. The SMILES string of the molecule is Cc1cc(=O)n(CCNC(=O)c2ccccc2Oc2ccccc2)cn1. The summed E-state index contributed by atoms with van der Waals surface area (Å²) in [5.74, 6) is 0.875. The Balaban J connectivity index is 1.65. The lowest BCUT2D eigenvalue weighted by atomic mass is 10.2. The van der Waals surface area contributed by atoms with E-state index in [0.717, 1.165) is 0 Å². The highest BCUT2D eigenvalue weighted by atomic mass is 16.5. The largest absolute Gasteiger partial charge is 0.457 e. The van der Waals surface area contributed by atoms with Gasteiger partial charge >= 0.3 is 0 Å². The smallest absolute Gasteiger partial charge is 0.255 e. The van der Waals surface area contributed by atoms with Crippen molar-refractivity contribution in [3.8, 4) is 11.5 Å². The maximum Gasteiger partial charge on any atom is 0.255 e. The molecule has 0 aliphatic carbocycles. The van der Waals surface area contributed by atoms with Crippen molar-refractivity contribution in [3.63, 3.8) is 0 Å². The lowest BCUT2D eigenvalue weighted by Gasteiger charge is -2.12. The summed E-state index contributed by atoms with van der Waals surface area (Å²) < 4.78 is 7.26. The summed E-state index contributed by atoms with van der Waals surface area (Å²) >= 11 is 0. The molecular weight excluding hydrogens is 330 g/mol. The average molecular weight is 349 g/mol. The highest BCUT2D eigenvalue weighted by Crippen LogP contribution is 2.24. The number of aryl methyl sites for hydroxylation is 1. The van der Waals surface area contributed by atoms with Gasteiger partial charge in [0, 0.05) is 24.8 Å². The Morgan fingerprint density at radius 2 is 1.85 bits per heavy atom. The molecule has 1 aromatic heterocycles. The summed E-state index contributed by atoms with van der Waals surface area (Å²) in [7, 11) is 0. The molecule has 0 aliphatic heterocycles. The van der Waals surface area contributed by atoms with Gasteiger partial charge in [-0.2, -0.15) is 0 Å². The lowest BCUT2D eigenvalue weighted by molar-refractivity contribution is 0.0950.